The fourth-order valence-corrected chi connectivity index (χ4v) is 4.14. The predicted octanol–water partition coefficient (Wildman–Crippen LogP) is 9.80. The third-order valence-corrected chi connectivity index (χ3v) is 5.71. The Morgan fingerprint density at radius 2 is 1.14 bits per heavy atom. The second-order valence-corrected chi connectivity index (χ2v) is 18.1. The molecule has 0 aromatic heterocycles. The topological polar surface area (TPSA) is 0 Å². The summed E-state index contributed by atoms with van der Waals surface area (Å²) in [4.78, 5) is 0. The fraction of sp³-hybridized carbons (Fsp3) is 0.0909. The molecule has 0 fully saturated rings. The summed E-state index contributed by atoms with van der Waals surface area (Å²) in [6.07, 6.45) is 1.05. The molecule has 1 aliphatic carbocycles. The molecule has 6 aromatic rings. The molecule has 0 spiro atoms. The smallest absolute Gasteiger partial charge is 0.0253 e. The zero-order valence-corrected chi connectivity index (χ0v) is 26.2. The number of rotatable bonds is 0. The SMILES string of the molecule is C[Si](C)=[Zr].Cl.Cl.[c-]1cccc2c1Cc1ccccc1-2.c1ccc2[cH-]ccc2c1.c1ccc2[cH-]ccc2c1. The Morgan fingerprint density at radius 3 is 1.70 bits per heavy atom. The summed E-state index contributed by atoms with van der Waals surface area (Å²) in [5.41, 5.74) is 5.72. The van der Waals surface area contributed by atoms with E-state index in [2.05, 4.69) is 140 Å². The first-order valence-electron chi connectivity index (χ1n) is 11.9. The molecule has 0 saturated heterocycles. The van der Waals surface area contributed by atoms with Gasteiger partial charge in [0.15, 0.2) is 0 Å². The van der Waals surface area contributed by atoms with Crippen molar-refractivity contribution in [2.45, 2.75) is 19.5 Å². The van der Waals surface area contributed by atoms with Crippen LogP contribution in [0.5, 0.6) is 0 Å². The molecular formula is C33H31Cl2SiZr-3. The van der Waals surface area contributed by atoms with Crippen LogP contribution in [0.4, 0.5) is 0 Å². The van der Waals surface area contributed by atoms with Crippen molar-refractivity contribution < 1.29 is 23.3 Å². The van der Waals surface area contributed by atoms with Crippen LogP contribution >= 0.6 is 24.8 Å². The third-order valence-electron chi connectivity index (χ3n) is 5.71. The predicted molar refractivity (Wildman–Crippen MR) is 165 cm³/mol. The third kappa shape index (κ3) is 8.94. The van der Waals surface area contributed by atoms with Crippen LogP contribution in [0.3, 0.4) is 0 Å². The van der Waals surface area contributed by atoms with Crippen molar-refractivity contribution in [3.63, 3.8) is 0 Å². The number of hydrogen-bond donors (Lipinski definition) is 0. The molecule has 0 unspecified atom stereocenters. The van der Waals surface area contributed by atoms with E-state index in [1.165, 1.54) is 43.8 Å². The van der Waals surface area contributed by atoms with Crippen LogP contribution in [-0.2, 0) is 29.8 Å². The number of fused-ring (bicyclic) bond motifs is 5. The van der Waals surface area contributed by atoms with Crippen LogP contribution in [0, 0.1) is 6.07 Å². The zero-order valence-electron chi connectivity index (χ0n) is 21.1. The molecule has 0 amide bonds. The monoisotopic (exact) mass is 615 g/mol. The van der Waals surface area contributed by atoms with Crippen molar-refractivity contribution in [2.24, 2.45) is 0 Å². The molecule has 0 N–H and O–H groups in total. The van der Waals surface area contributed by atoms with E-state index in [-0.39, 0.29) is 30.2 Å². The Labute approximate surface area is 248 Å². The maximum atomic E-state index is 3.30. The first-order valence-corrected chi connectivity index (χ1v) is 18.1. The van der Waals surface area contributed by atoms with Crippen molar-refractivity contribution in [3.05, 3.63) is 145 Å². The van der Waals surface area contributed by atoms with Crippen LogP contribution in [0.15, 0.2) is 127 Å². The molecule has 7 rings (SSSR count). The van der Waals surface area contributed by atoms with Crippen molar-refractivity contribution in [1.82, 2.24) is 0 Å². The van der Waals surface area contributed by atoms with Gasteiger partial charge in [0, 0.05) is 0 Å². The first kappa shape index (κ1) is 31.0. The molecule has 37 heavy (non-hydrogen) atoms. The summed E-state index contributed by atoms with van der Waals surface area (Å²) < 4.78 is 0. The first-order chi connectivity index (χ1) is 17.1. The molecule has 0 saturated carbocycles. The minimum absolute atomic E-state index is 0. The van der Waals surface area contributed by atoms with Gasteiger partial charge in [0.2, 0.25) is 0 Å². The van der Waals surface area contributed by atoms with Crippen LogP contribution in [0.25, 0.3) is 32.7 Å². The van der Waals surface area contributed by atoms with Gasteiger partial charge in [-0.15, -0.1) is 89.7 Å². The number of benzene rings is 4. The second-order valence-electron chi connectivity index (χ2n) is 8.71. The van der Waals surface area contributed by atoms with Gasteiger partial charge in [0.25, 0.3) is 0 Å². The van der Waals surface area contributed by atoms with Crippen LogP contribution in [0.1, 0.15) is 11.1 Å². The molecule has 0 nitrogen and oxygen atoms in total. The molecular weight excluding hydrogens is 587 g/mol. The summed E-state index contributed by atoms with van der Waals surface area (Å²) in [7, 11) is 0. The Kier molecular flexibility index (Phi) is 13.3. The summed E-state index contributed by atoms with van der Waals surface area (Å²) in [6, 6.07) is 47.5. The molecule has 0 heterocycles. The molecule has 0 aliphatic heterocycles. The Hall–Kier alpha value is -2.22. The molecule has 0 radical (unpaired) electrons. The molecule has 0 atom stereocenters. The molecule has 1 aliphatic rings. The van der Waals surface area contributed by atoms with Gasteiger partial charge in [-0.3, -0.25) is 0 Å². The van der Waals surface area contributed by atoms with E-state index in [0.717, 1.165) is 6.42 Å². The van der Waals surface area contributed by atoms with E-state index in [1.807, 2.05) is 6.07 Å². The van der Waals surface area contributed by atoms with Crippen molar-refractivity contribution in [3.8, 4) is 11.1 Å². The molecule has 188 valence electrons. The van der Waals surface area contributed by atoms with E-state index in [0.29, 0.717) is 0 Å². The van der Waals surface area contributed by atoms with Gasteiger partial charge in [0.1, 0.15) is 0 Å². The average molecular weight is 618 g/mol. The van der Waals surface area contributed by atoms with E-state index in [9.17, 15) is 0 Å². The van der Waals surface area contributed by atoms with Gasteiger partial charge >= 0.3 is 41.9 Å². The van der Waals surface area contributed by atoms with E-state index in [1.54, 1.807) is 23.3 Å². The van der Waals surface area contributed by atoms with Crippen LogP contribution in [-0.4, -0.2) is 5.43 Å². The summed E-state index contributed by atoms with van der Waals surface area (Å²) >= 11 is 1.74. The van der Waals surface area contributed by atoms with E-state index in [4.69, 9.17) is 0 Å². The quantitative estimate of drug-likeness (QED) is 0.117. The van der Waals surface area contributed by atoms with E-state index >= 15 is 0 Å². The Bertz CT molecular complexity index is 1360. The van der Waals surface area contributed by atoms with E-state index < -0.39 is 0 Å². The number of hydrogen-bond acceptors (Lipinski definition) is 0. The van der Waals surface area contributed by atoms with Crippen molar-refractivity contribution >= 4 is 51.8 Å². The van der Waals surface area contributed by atoms with Crippen molar-refractivity contribution in [2.75, 3.05) is 0 Å². The van der Waals surface area contributed by atoms with Gasteiger partial charge in [-0.2, -0.15) is 64.9 Å². The summed E-state index contributed by atoms with van der Waals surface area (Å²) in [5, 5.41) is 5.32. The summed E-state index contributed by atoms with van der Waals surface area (Å²) in [6.45, 7) is 4.62. The van der Waals surface area contributed by atoms with Gasteiger partial charge in [-0.1, -0.05) is 47.5 Å². The average Bonchev–Trinajstić information content (AvgIpc) is 3.62. The minimum Gasteiger partial charge on any atom is -0.179 e. The Morgan fingerprint density at radius 1 is 0.649 bits per heavy atom. The van der Waals surface area contributed by atoms with Gasteiger partial charge in [-0.05, 0) is 6.42 Å². The molecule has 4 heteroatoms. The number of halogens is 2. The molecule has 6 aromatic carbocycles. The standard InChI is InChI=1S/C13H9.2C9H7.C2H6Si.2ClH.Zr/c1-3-7-12-10(5-1)9-11-6-2-4-8-13(11)12;2*1-2-5-9-7-3-6-8(9)4-1;1-3-2;;;/h1-5,7-8H,9H2;2*1-7H;1-2H3;2*1H;/q3*-1;;;;. The molecule has 0 bridgehead atoms. The maximum absolute atomic E-state index is 3.30. The van der Waals surface area contributed by atoms with Gasteiger partial charge < -0.3 is 0 Å². The van der Waals surface area contributed by atoms with Gasteiger partial charge in [-0.25, -0.2) is 0 Å². The summed E-state index contributed by atoms with van der Waals surface area (Å²) in [5.74, 6) is 0. The second kappa shape index (κ2) is 15.9. The fourth-order valence-electron chi connectivity index (χ4n) is 4.14. The van der Waals surface area contributed by atoms with Crippen molar-refractivity contribution in [1.29, 1.82) is 0 Å². The zero-order chi connectivity index (χ0) is 24.5. The normalized spacial score (nSPS) is 9.97. The maximum Gasteiger partial charge on any atom is -0.0253 e. The minimum atomic E-state index is 0. The van der Waals surface area contributed by atoms with Crippen LogP contribution in [0.2, 0.25) is 13.1 Å². The largest absolute Gasteiger partial charge is 0.179 e. The van der Waals surface area contributed by atoms with Crippen LogP contribution < -0.4 is 0 Å². The van der Waals surface area contributed by atoms with Gasteiger partial charge in [0.05, 0.1) is 0 Å². The Balaban J connectivity index is 0.000000181.